The van der Waals surface area contributed by atoms with E-state index in [1.54, 1.807) is 45.0 Å². The SMILES string of the molecule is CC(C)(C)S(=O)(=O)CCOc1ccc(CC#N)cc1. The van der Waals surface area contributed by atoms with Gasteiger partial charge in [-0.1, -0.05) is 12.1 Å². The van der Waals surface area contributed by atoms with Crippen molar-refractivity contribution in [3.05, 3.63) is 29.8 Å². The number of hydrogen-bond acceptors (Lipinski definition) is 4. The predicted octanol–water partition coefficient (Wildman–Crippen LogP) is 2.34. The summed E-state index contributed by atoms with van der Waals surface area (Å²) in [5.41, 5.74) is 0.914. The Bertz CT molecular complexity index is 548. The maximum absolute atomic E-state index is 11.9. The van der Waals surface area contributed by atoms with E-state index in [0.717, 1.165) is 5.56 Å². The number of hydrogen-bond donors (Lipinski definition) is 0. The van der Waals surface area contributed by atoms with Crippen LogP contribution in [0.4, 0.5) is 0 Å². The van der Waals surface area contributed by atoms with Crippen LogP contribution in [0.3, 0.4) is 0 Å². The molecule has 0 atom stereocenters. The van der Waals surface area contributed by atoms with Crippen LogP contribution in [0.2, 0.25) is 0 Å². The number of benzene rings is 1. The highest BCUT2D eigenvalue weighted by Crippen LogP contribution is 2.17. The van der Waals surface area contributed by atoms with Gasteiger partial charge in [-0.3, -0.25) is 0 Å². The van der Waals surface area contributed by atoms with E-state index >= 15 is 0 Å². The fourth-order valence-electron chi connectivity index (χ4n) is 1.37. The quantitative estimate of drug-likeness (QED) is 0.831. The molecule has 1 aromatic rings. The summed E-state index contributed by atoms with van der Waals surface area (Å²) in [5.74, 6) is 0.613. The van der Waals surface area contributed by atoms with Crippen LogP contribution in [0, 0.1) is 11.3 Å². The van der Waals surface area contributed by atoms with E-state index in [9.17, 15) is 8.42 Å². The third-order valence-corrected chi connectivity index (χ3v) is 5.33. The first-order valence-corrected chi connectivity index (χ1v) is 7.72. The van der Waals surface area contributed by atoms with Gasteiger partial charge in [0.05, 0.1) is 23.0 Å². The lowest BCUT2D eigenvalue weighted by atomic mass is 10.2. The molecule has 0 spiro atoms. The van der Waals surface area contributed by atoms with Gasteiger partial charge in [-0.05, 0) is 38.5 Å². The molecule has 0 bridgehead atoms. The molecular formula is C14H19NO3S. The molecule has 0 fully saturated rings. The van der Waals surface area contributed by atoms with Crippen LogP contribution in [0.1, 0.15) is 26.3 Å². The molecule has 0 N–H and O–H groups in total. The van der Waals surface area contributed by atoms with Crippen LogP contribution in [0.15, 0.2) is 24.3 Å². The minimum absolute atomic E-state index is 0.00352. The van der Waals surface area contributed by atoms with Crippen molar-refractivity contribution in [2.24, 2.45) is 0 Å². The molecule has 0 aliphatic rings. The zero-order valence-electron chi connectivity index (χ0n) is 11.5. The van der Waals surface area contributed by atoms with E-state index in [1.807, 2.05) is 0 Å². The topological polar surface area (TPSA) is 67.2 Å². The zero-order chi connectivity index (χ0) is 14.5. The molecule has 104 valence electrons. The van der Waals surface area contributed by atoms with Gasteiger partial charge in [0, 0.05) is 0 Å². The molecule has 1 rings (SSSR count). The van der Waals surface area contributed by atoms with E-state index in [2.05, 4.69) is 6.07 Å². The zero-order valence-corrected chi connectivity index (χ0v) is 12.3. The van der Waals surface area contributed by atoms with Gasteiger partial charge in [-0.2, -0.15) is 5.26 Å². The number of nitrogens with zero attached hydrogens (tertiary/aromatic N) is 1. The monoisotopic (exact) mass is 281 g/mol. The van der Waals surface area contributed by atoms with E-state index in [0.29, 0.717) is 12.2 Å². The Labute approximate surface area is 114 Å². The third kappa shape index (κ3) is 4.56. The van der Waals surface area contributed by atoms with Crippen LogP contribution >= 0.6 is 0 Å². The third-order valence-electron chi connectivity index (χ3n) is 2.76. The maximum Gasteiger partial charge on any atom is 0.158 e. The molecule has 1 aromatic carbocycles. The normalized spacial score (nSPS) is 11.9. The Kier molecular flexibility index (Phi) is 4.96. The minimum Gasteiger partial charge on any atom is -0.493 e. The summed E-state index contributed by atoms with van der Waals surface area (Å²) < 4.78 is 28.4. The highest BCUT2D eigenvalue weighted by atomic mass is 32.2. The predicted molar refractivity (Wildman–Crippen MR) is 74.8 cm³/mol. The Hall–Kier alpha value is -1.54. The summed E-state index contributed by atoms with van der Waals surface area (Å²) in [6.07, 6.45) is 0.360. The lowest BCUT2D eigenvalue weighted by molar-refractivity contribution is 0.339. The van der Waals surface area contributed by atoms with Crippen molar-refractivity contribution in [2.45, 2.75) is 31.9 Å². The van der Waals surface area contributed by atoms with Crippen LogP contribution in [-0.4, -0.2) is 25.5 Å². The summed E-state index contributed by atoms with van der Waals surface area (Å²) in [6.45, 7) is 5.17. The Morgan fingerprint density at radius 2 is 1.79 bits per heavy atom. The second kappa shape index (κ2) is 6.07. The van der Waals surface area contributed by atoms with Crippen molar-refractivity contribution in [3.63, 3.8) is 0 Å². The largest absolute Gasteiger partial charge is 0.493 e. The molecule has 0 heterocycles. The number of nitriles is 1. The summed E-state index contributed by atoms with van der Waals surface area (Å²) in [7, 11) is -3.15. The number of rotatable bonds is 5. The first-order valence-electron chi connectivity index (χ1n) is 6.07. The highest BCUT2D eigenvalue weighted by Gasteiger charge is 2.28. The second-order valence-corrected chi connectivity index (χ2v) is 8.12. The van der Waals surface area contributed by atoms with Gasteiger partial charge < -0.3 is 4.74 Å². The van der Waals surface area contributed by atoms with Crippen molar-refractivity contribution < 1.29 is 13.2 Å². The van der Waals surface area contributed by atoms with Crippen molar-refractivity contribution in [3.8, 4) is 11.8 Å². The van der Waals surface area contributed by atoms with E-state index in [4.69, 9.17) is 10.00 Å². The van der Waals surface area contributed by atoms with Crippen LogP contribution < -0.4 is 4.74 Å². The van der Waals surface area contributed by atoms with Gasteiger partial charge in [-0.25, -0.2) is 8.42 Å². The number of ether oxygens (including phenoxy) is 1. The molecule has 0 aromatic heterocycles. The van der Waals surface area contributed by atoms with Crippen molar-refractivity contribution in [1.29, 1.82) is 5.26 Å². The fraction of sp³-hybridized carbons (Fsp3) is 0.500. The van der Waals surface area contributed by atoms with Gasteiger partial charge >= 0.3 is 0 Å². The molecule has 0 saturated heterocycles. The smallest absolute Gasteiger partial charge is 0.158 e. The van der Waals surface area contributed by atoms with E-state index in [-0.39, 0.29) is 12.4 Å². The summed E-state index contributed by atoms with van der Waals surface area (Å²) in [6, 6.07) is 9.16. The summed E-state index contributed by atoms with van der Waals surface area (Å²) in [4.78, 5) is 0. The molecule has 4 nitrogen and oxygen atoms in total. The van der Waals surface area contributed by atoms with Crippen LogP contribution in [-0.2, 0) is 16.3 Å². The molecule has 0 saturated carbocycles. The number of sulfone groups is 1. The molecule has 0 radical (unpaired) electrons. The Morgan fingerprint density at radius 3 is 2.26 bits per heavy atom. The van der Waals surface area contributed by atoms with Crippen molar-refractivity contribution in [1.82, 2.24) is 0 Å². The lowest BCUT2D eigenvalue weighted by Gasteiger charge is -2.19. The average Bonchev–Trinajstić information content (AvgIpc) is 2.30. The molecule has 0 amide bonds. The average molecular weight is 281 g/mol. The van der Waals surface area contributed by atoms with Crippen molar-refractivity contribution >= 4 is 9.84 Å². The molecule has 0 unspecified atom stereocenters. The fourth-order valence-corrected chi connectivity index (χ4v) is 2.29. The Morgan fingerprint density at radius 1 is 1.21 bits per heavy atom. The summed E-state index contributed by atoms with van der Waals surface area (Å²) >= 11 is 0. The van der Waals surface area contributed by atoms with Crippen LogP contribution in [0.5, 0.6) is 5.75 Å². The first-order chi connectivity index (χ1) is 8.76. The molecule has 0 aliphatic carbocycles. The Balaban J connectivity index is 2.53. The minimum atomic E-state index is -3.15. The first kappa shape index (κ1) is 15.5. The summed E-state index contributed by atoms with van der Waals surface area (Å²) in [5, 5.41) is 8.55. The van der Waals surface area contributed by atoms with Gasteiger partial charge in [0.15, 0.2) is 9.84 Å². The standard InChI is InChI=1S/C14H19NO3S/c1-14(2,3)19(16,17)11-10-18-13-6-4-12(5-7-13)8-9-15/h4-7H,8,10-11H2,1-3H3. The highest BCUT2D eigenvalue weighted by molar-refractivity contribution is 7.92. The van der Waals surface area contributed by atoms with Crippen LogP contribution in [0.25, 0.3) is 0 Å². The second-order valence-electron chi connectivity index (χ2n) is 5.26. The van der Waals surface area contributed by atoms with Crippen molar-refractivity contribution in [2.75, 3.05) is 12.4 Å². The molecule has 5 heteroatoms. The maximum atomic E-state index is 11.9. The molecule has 19 heavy (non-hydrogen) atoms. The lowest BCUT2D eigenvalue weighted by Crippen LogP contribution is -2.32. The van der Waals surface area contributed by atoms with E-state index in [1.165, 1.54) is 0 Å². The molecule has 0 aliphatic heterocycles. The van der Waals surface area contributed by atoms with Gasteiger partial charge in [0.25, 0.3) is 0 Å². The van der Waals surface area contributed by atoms with Gasteiger partial charge in [-0.15, -0.1) is 0 Å². The molecular weight excluding hydrogens is 262 g/mol. The van der Waals surface area contributed by atoms with Gasteiger partial charge in [0.1, 0.15) is 12.4 Å². The van der Waals surface area contributed by atoms with Gasteiger partial charge in [0.2, 0.25) is 0 Å². The van der Waals surface area contributed by atoms with E-state index < -0.39 is 14.6 Å².